The van der Waals surface area contributed by atoms with Crippen LogP contribution in [0.1, 0.15) is 42.9 Å². The van der Waals surface area contributed by atoms with E-state index >= 15 is 0 Å². The van der Waals surface area contributed by atoms with Crippen LogP contribution in [-0.2, 0) is 6.54 Å². The zero-order chi connectivity index (χ0) is 11.4. The molecule has 0 aliphatic heterocycles. The van der Waals surface area contributed by atoms with Crippen molar-refractivity contribution in [3.63, 3.8) is 0 Å². The normalized spacial score (nSPS) is 18.9. The van der Waals surface area contributed by atoms with Crippen molar-refractivity contribution >= 4 is 0 Å². The second-order valence-corrected chi connectivity index (χ2v) is 4.76. The summed E-state index contributed by atoms with van der Waals surface area (Å²) in [4.78, 5) is 0. The van der Waals surface area contributed by atoms with Gasteiger partial charge in [-0.1, -0.05) is 37.1 Å². The van der Waals surface area contributed by atoms with Gasteiger partial charge in [0, 0.05) is 12.6 Å². The minimum atomic E-state index is 0.523. The average molecular weight is 218 g/mol. The van der Waals surface area contributed by atoms with Crippen LogP contribution >= 0.6 is 0 Å². The predicted octanol–water partition coefficient (Wildman–Crippen LogP) is 2.60. The number of hydrogen-bond acceptors (Lipinski definition) is 2. The van der Waals surface area contributed by atoms with Crippen LogP contribution in [-0.4, -0.2) is 7.05 Å². The van der Waals surface area contributed by atoms with Gasteiger partial charge in [0.15, 0.2) is 0 Å². The van der Waals surface area contributed by atoms with Crippen molar-refractivity contribution in [1.82, 2.24) is 5.32 Å². The molecule has 0 heterocycles. The lowest BCUT2D eigenvalue weighted by atomic mass is 9.91. The van der Waals surface area contributed by atoms with Crippen LogP contribution < -0.4 is 11.1 Å². The molecule has 3 N–H and O–H groups in total. The predicted molar refractivity (Wildman–Crippen MR) is 68.1 cm³/mol. The summed E-state index contributed by atoms with van der Waals surface area (Å²) in [5, 5.41) is 3.47. The van der Waals surface area contributed by atoms with E-state index < -0.39 is 0 Å². The maximum Gasteiger partial charge on any atom is 0.0346 e. The first-order chi connectivity index (χ1) is 7.85. The fourth-order valence-corrected chi connectivity index (χ4v) is 2.83. The Hall–Kier alpha value is -0.860. The summed E-state index contributed by atoms with van der Waals surface area (Å²) >= 11 is 0. The summed E-state index contributed by atoms with van der Waals surface area (Å²) in [6.07, 6.45) is 5.52. The molecule has 1 aliphatic carbocycles. The number of nitrogens with two attached hydrogens (primary N) is 1. The molecule has 2 nitrogen and oxygen atoms in total. The third-order valence-corrected chi connectivity index (χ3v) is 3.76. The maximum absolute atomic E-state index is 5.62. The molecule has 2 rings (SSSR count). The largest absolute Gasteiger partial charge is 0.326 e. The molecule has 0 amide bonds. The molecule has 0 radical (unpaired) electrons. The molecule has 1 atom stereocenters. The lowest BCUT2D eigenvalue weighted by molar-refractivity contribution is 0.390. The van der Waals surface area contributed by atoms with E-state index in [0.717, 1.165) is 5.92 Å². The number of hydrogen-bond donors (Lipinski definition) is 2. The van der Waals surface area contributed by atoms with E-state index in [1.807, 2.05) is 0 Å². The summed E-state index contributed by atoms with van der Waals surface area (Å²) in [7, 11) is 2.07. The van der Waals surface area contributed by atoms with Gasteiger partial charge in [-0.3, -0.25) is 0 Å². The van der Waals surface area contributed by atoms with Gasteiger partial charge in [-0.05, 0) is 36.9 Å². The highest BCUT2D eigenvalue weighted by atomic mass is 14.9. The van der Waals surface area contributed by atoms with E-state index in [2.05, 4.69) is 36.6 Å². The van der Waals surface area contributed by atoms with Gasteiger partial charge in [-0.15, -0.1) is 0 Å². The molecular weight excluding hydrogens is 196 g/mol. The Bertz CT molecular complexity index is 312. The third kappa shape index (κ3) is 2.45. The molecule has 1 aromatic rings. The standard InChI is InChI=1S/C14H22N2/c1-16-14(12-4-2-3-5-12)13-8-6-11(10-15)7-9-13/h6-9,12,14,16H,2-5,10,15H2,1H3. The van der Waals surface area contributed by atoms with E-state index in [1.165, 1.54) is 36.8 Å². The third-order valence-electron chi connectivity index (χ3n) is 3.76. The lowest BCUT2D eigenvalue weighted by Gasteiger charge is -2.23. The van der Waals surface area contributed by atoms with Crippen molar-refractivity contribution in [1.29, 1.82) is 0 Å². The number of nitrogens with one attached hydrogen (secondary N) is 1. The molecule has 0 aromatic heterocycles. The van der Waals surface area contributed by atoms with Gasteiger partial charge < -0.3 is 11.1 Å². The molecule has 0 saturated heterocycles. The van der Waals surface area contributed by atoms with Crippen molar-refractivity contribution in [3.05, 3.63) is 35.4 Å². The summed E-state index contributed by atoms with van der Waals surface area (Å²) < 4.78 is 0. The molecule has 0 spiro atoms. The Kier molecular flexibility index (Phi) is 3.97. The fourth-order valence-electron chi connectivity index (χ4n) is 2.83. The van der Waals surface area contributed by atoms with Crippen LogP contribution in [0.25, 0.3) is 0 Å². The van der Waals surface area contributed by atoms with E-state index in [9.17, 15) is 0 Å². The quantitative estimate of drug-likeness (QED) is 0.815. The Morgan fingerprint density at radius 2 is 1.88 bits per heavy atom. The van der Waals surface area contributed by atoms with Crippen LogP contribution in [0.5, 0.6) is 0 Å². The zero-order valence-electron chi connectivity index (χ0n) is 10.1. The van der Waals surface area contributed by atoms with Gasteiger partial charge in [0.05, 0.1) is 0 Å². The van der Waals surface area contributed by atoms with Crippen molar-refractivity contribution in [3.8, 4) is 0 Å². The topological polar surface area (TPSA) is 38.0 Å². The average Bonchev–Trinajstić information content (AvgIpc) is 2.85. The second kappa shape index (κ2) is 5.46. The molecule has 1 saturated carbocycles. The first kappa shape index (κ1) is 11.6. The van der Waals surface area contributed by atoms with Gasteiger partial charge in [0.2, 0.25) is 0 Å². The van der Waals surface area contributed by atoms with Crippen molar-refractivity contribution in [2.75, 3.05) is 7.05 Å². The van der Waals surface area contributed by atoms with Gasteiger partial charge in [0.25, 0.3) is 0 Å². The maximum atomic E-state index is 5.62. The van der Waals surface area contributed by atoms with Crippen molar-refractivity contribution in [2.24, 2.45) is 11.7 Å². The summed E-state index contributed by atoms with van der Waals surface area (Å²) in [6.45, 7) is 0.633. The van der Waals surface area contributed by atoms with Crippen LogP contribution in [0, 0.1) is 5.92 Å². The Balaban J connectivity index is 2.12. The van der Waals surface area contributed by atoms with E-state index in [-0.39, 0.29) is 0 Å². The zero-order valence-corrected chi connectivity index (χ0v) is 10.1. The van der Waals surface area contributed by atoms with Gasteiger partial charge in [-0.25, -0.2) is 0 Å². The van der Waals surface area contributed by atoms with Crippen molar-refractivity contribution < 1.29 is 0 Å². The molecule has 1 fully saturated rings. The van der Waals surface area contributed by atoms with E-state index in [0.29, 0.717) is 12.6 Å². The number of benzene rings is 1. The minimum absolute atomic E-state index is 0.523. The van der Waals surface area contributed by atoms with E-state index in [4.69, 9.17) is 5.73 Å². The minimum Gasteiger partial charge on any atom is -0.326 e. The SMILES string of the molecule is CNC(c1ccc(CN)cc1)C1CCCC1. The Morgan fingerprint density at radius 3 is 2.38 bits per heavy atom. The van der Waals surface area contributed by atoms with E-state index in [1.54, 1.807) is 0 Å². The van der Waals surface area contributed by atoms with Crippen LogP contribution in [0.15, 0.2) is 24.3 Å². The molecule has 1 unspecified atom stereocenters. The molecule has 88 valence electrons. The highest BCUT2D eigenvalue weighted by Gasteiger charge is 2.24. The van der Waals surface area contributed by atoms with Gasteiger partial charge >= 0.3 is 0 Å². The smallest absolute Gasteiger partial charge is 0.0346 e. The van der Waals surface area contributed by atoms with Crippen LogP contribution in [0.3, 0.4) is 0 Å². The number of rotatable bonds is 4. The molecule has 1 aliphatic rings. The van der Waals surface area contributed by atoms with Gasteiger partial charge in [0.1, 0.15) is 0 Å². The second-order valence-electron chi connectivity index (χ2n) is 4.76. The lowest BCUT2D eigenvalue weighted by Crippen LogP contribution is -2.23. The molecule has 0 bridgehead atoms. The Morgan fingerprint density at radius 1 is 1.25 bits per heavy atom. The molecule has 2 heteroatoms. The molecule has 16 heavy (non-hydrogen) atoms. The highest BCUT2D eigenvalue weighted by Crippen LogP contribution is 2.35. The summed E-state index contributed by atoms with van der Waals surface area (Å²) in [6, 6.07) is 9.27. The Labute approximate surface area is 98.2 Å². The summed E-state index contributed by atoms with van der Waals surface area (Å²) in [5.41, 5.74) is 8.24. The first-order valence-corrected chi connectivity index (χ1v) is 6.31. The molecular formula is C14H22N2. The van der Waals surface area contributed by atoms with Gasteiger partial charge in [-0.2, -0.15) is 0 Å². The summed E-state index contributed by atoms with van der Waals surface area (Å²) in [5.74, 6) is 0.814. The monoisotopic (exact) mass is 218 g/mol. The fraction of sp³-hybridized carbons (Fsp3) is 0.571. The van der Waals surface area contributed by atoms with Crippen LogP contribution in [0.2, 0.25) is 0 Å². The van der Waals surface area contributed by atoms with Crippen molar-refractivity contribution in [2.45, 2.75) is 38.3 Å². The highest BCUT2D eigenvalue weighted by molar-refractivity contribution is 5.25. The molecule has 1 aromatic carbocycles. The first-order valence-electron chi connectivity index (χ1n) is 6.31. The van der Waals surface area contributed by atoms with Crippen LogP contribution in [0.4, 0.5) is 0 Å².